The summed E-state index contributed by atoms with van der Waals surface area (Å²) in [4.78, 5) is 1.66. The van der Waals surface area contributed by atoms with Gasteiger partial charge in [0.2, 0.25) is 0 Å². The maximum atomic E-state index is 13.9. The third-order valence-electron chi connectivity index (χ3n) is 3.10. The number of likely N-dealkylation sites (N-methyl/N-ethyl adjacent to an activating group) is 1. The van der Waals surface area contributed by atoms with Crippen LogP contribution in [0, 0.1) is 5.82 Å². The average Bonchev–Trinajstić information content (AvgIpc) is 2.27. The fourth-order valence-corrected chi connectivity index (χ4v) is 1.63. The van der Waals surface area contributed by atoms with Crippen molar-refractivity contribution in [3.63, 3.8) is 0 Å². The molecule has 0 amide bonds. The quantitative estimate of drug-likeness (QED) is 0.848. The number of hydrogen-bond donors (Lipinski definition) is 2. The molecule has 0 heterocycles. The molecule has 0 unspecified atom stereocenters. The predicted octanol–water partition coefficient (Wildman–Crippen LogP) is 2.09. The minimum Gasteiger partial charge on any atom is -0.394 e. The molecule has 0 aliphatic carbocycles. The maximum Gasteiger partial charge on any atom is 0.146 e. The number of aliphatic hydroxyl groups is 2. The number of aliphatic hydroxyl groups excluding tert-OH is 2. The van der Waals surface area contributed by atoms with E-state index < -0.39 is 17.5 Å². The highest BCUT2D eigenvalue weighted by atomic mass is 19.1. The molecule has 0 aliphatic heterocycles. The topological polar surface area (TPSA) is 43.7 Å². The second-order valence-corrected chi connectivity index (χ2v) is 4.88. The van der Waals surface area contributed by atoms with Gasteiger partial charge in [-0.2, -0.15) is 0 Å². The monoisotopic (exact) mass is 241 g/mol. The number of para-hydroxylation sites is 1. The van der Waals surface area contributed by atoms with Crippen molar-refractivity contribution in [3.05, 3.63) is 29.6 Å². The van der Waals surface area contributed by atoms with E-state index in [1.807, 2.05) is 13.8 Å². The van der Waals surface area contributed by atoms with E-state index in [0.717, 1.165) is 0 Å². The van der Waals surface area contributed by atoms with Crippen LogP contribution in [0.25, 0.3) is 0 Å². The average molecular weight is 241 g/mol. The van der Waals surface area contributed by atoms with Crippen molar-refractivity contribution in [3.8, 4) is 0 Å². The molecule has 1 rings (SSSR count). The van der Waals surface area contributed by atoms with Crippen LogP contribution in [-0.4, -0.2) is 29.4 Å². The van der Waals surface area contributed by atoms with Gasteiger partial charge in [0.25, 0.3) is 0 Å². The lowest BCUT2D eigenvalue weighted by Gasteiger charge is -2.37. The lowest BCUT2D eigenvalue weighted by atomic mass is 10.00. The minimum atomic E-state index is -0.752. The van der Waals surface area contributed by atoms with E-state index in [2.05, 4.69) is 0 Å². The van der Waals surface area contributed by atoms with Crippen molar-refractivity contribution in [2.24, 2.45) is 0 Å². The van der Waals surface area contributed by atoms with E-state index in [0.29, 0.717) is 11.3 Å². The molecular weight excluding hydrogens is 221 g/mol. The molecule has 1 aromatic carbocycles. The first-order valence-corrected chi connectivity index (χ1v) is 5.62. The first-order valence-electron chi connectivity index (χ1n) is 5.62. The fraction of sp³-hybridized carbons (Fsp3) is 0.538. The van der Waals surface area contributed by atoms with Gasteiger partial charge in [0.05, 0.1) is 23.9 Å². The van der Waals surface area contributed by atoms with E-state index in [1.54, 1.807) is 31.0 Å². The molecule has 1 aromatic rings. The number of rotatable bonds is 4. The Kier molecular flexibility index (Phi) is 4.11. The maximum absolute atomic E-state index is 13.9. The zero-order valence-electron chi connectivity index (χ0n) is 10.7. The molecule has 0 aliphatic rings. The molecule has 0 radical (unpaired) electrons. The van der Waals surface area contributed by atoms with Gasteiger partial charge in [-0.15, -0.1) is 0 Å². The molecule has 0 bridgehead atoms. The van der Waals surface area contributed by atoms with Crippen molar-refractivity contribution in [1.29, 1.82) is 0 Å². The number of benzene rings is 1. The van der Waals surface area contributed by atoms with Crippen LogP contribution < -0.4 is 4.90 Å². The SMILES string of the molecule is C[C@H](O)c1cccc(F)c1N(C)C(C)(C)CO. The zero-order valence-corrected chi connectivity index (χ0v) is 10.7. The molecule has 2 N–H and O–H groups in total. The second-order valence-electron chi connectivity index (χ2n) is 4.88. The molecule has 0 spiro atoms. The Morgan fingerprint density at radius 1 is 1.41 bits per heavy atom. The van der Waals surface area contributed by atoms with Gasteiger partial charge in [0, 0.05) is 12.6 Å². The van der Waals surface area contributed by atoms with E-state index in [4.69, 9.17) is 0 Å². The van der Waals surface area contributed by atoms with Crippen LogP contribution in [0.2, 0.25) is 0 Å². The number of hydrogen-bond acceptors (Lipinski definition) is 3. The summed E-state index contributed by atoms with van der Waals surface area (Å²) in [6, 6.07) is 4.61. The normalized spacial score (nSPS) is 13.6. The first kappa shape index (κ1) is 13.9. The summed E-state index contributed by atoms with van der Waals surface area (Å²) in [6.45, 7) is 5.12. The van der Waals surface area contributed by atoms with Crippen molar-refractivity contribution in [2.45, 2.75) is 32.4 Å². The molecule has 1 atom stereocenters. The van der Waals surface area contributed by atoms with E-state index >= 15 is 0 Å². The Balaban J connectivity index is 3.29. The Hall–Kier alpha value is -1.13. The molecular formula is C13H20FNO2. The van der Waals surface area contributed by atoms with Crippen molar-refractivity contribution < 1.29 is 14.6 Å². The highest BCUT2D eigenvalue weighted by molar-refractivity contribution is 5.57. The molecule has 0 saturated carbocycles. The zero-order chi connectivity index (χ0) is 13.2. The second kappa shape index (κ2) is 5.02. The van der Waals surface area contributed by atoms with Gasteiger partial charge in [0.15, 0.2) is 0 Å². The number of halogens is 1. The van der Waals surface area contributed by atoms with Crippen LogP contribution in [0.5, 0.6) is 0 Å². The lowest BCUT2D eigenvalue weighted by Crippen LogP contribution is -2.45. The molecule has 0 aromatic heterocycles. The predicted molar refractivity (Wildman–Crippen MR) is 66.6 cm³/mol. The van der Waals surface area contributed by atoms with Gasteiger partial charge < -0.3 is 15.1 Å². The first-order chi connectivity index (χ1) is 7.81. The van der Waals surface area contributed by atoms with E-state index in [-0.39, 0.29) is 6.61 Å². The minimum absolute atomic E-state index is 0.100. The summed E-state index contributed by atoms with van der Waals surface area (Å²) < 4.78 is 13.9. The number of nitrogens with zero attached hydrogens (tertiary/aromatic N) is 1. The molecule has 17 heavy (non-hydrogen) atoms. The van der Waals surface area contributed by atoms with Crippen molar-refractivity contribution in [2.75, 3.05) is 18.6 Å². The van der Waals surface area contributed by atoms with Gasteiger partial charge in [-0.25, -0.2) is 4.39 Å². The van der Waals surface area contributed by atoms with Crippen LogP contribution in [0.4, 0.5) is 10.1 Å². The summed E-state index contributed by atoms with van der Waals surface area (Å²) in [7, 11) is 1.71. The summed E-state index contributed by atoms with van der Waals surface area (Å²) in [6.07, 6.45) is -0.752. The highest BCUT2D eigenvalue weighted by Gasteiger charge is 2.27. The van der Waals surface area contributed by atoms with Crippen LogP contribution in [0.3, 0.4) is 0 Å². The van der Waals surface area contributed by atoms with Crippen LogP contribution in [-0.2, 0) is 0 Å². The lowest BCUT2D eigenvalue weighted by molar-refractivity contribution is 0.195. The Bertz CT molecular complexity index is 391. The van der Waals surface area contributed by atoms with Gasteiger partial charge in [-0.3, -0.25) is 0 Å². The largest absolute Gasteiger partial charge is 0.394 e. The van der Waals surface area contributed by atoms with E-state index in [9.17, 15) is 14.6 Å². The standard InChI is InChI=1S/C13H20FNO2/c1-9(17)10-6-5-7-11(14)12(10)15(4)13(2,3)8-16/h5-7,9,16-17H,8H2,1-4H3/t9-/m0/s1. The molecule has 0 fully saturated rings. The van der Waals surface area contributed by atoms with Gasteiger partial charge in [0.1, 0.15) is 5.82 Å². The molecule has 96 valence electrons. The van der Waals surface area contributed by atoms with Gasteiger partial charge in [-0.1, -0.05) is 12.1 Å². The fourth-order valence-electron chi connectivity index (χ4n) is 1.63. The van der Waals surface area contributed by atoms with E-state index in [1.165, 1.54) is 6.07 Å². The Morgan fingerprint density at radius 2 is 2.00 bits per heavy atom. The number of anilines is 1. The van der Waals surface area contributed by atoms with Crippen LogP contribution in [0.15, 0.2) is 18.2 Å². The summed E-state index contributed by atoms with van der Waals surface area (Å²) in [5, 5.41) is 19.0. The Morgan fingerprint density at radius 3 is 2.47 bits per heavy atom. The summed E-state index contributed by atoms with van der Waals surface area (Å²) >= 11 is 0. The molecule has 4 heteroatoms. The summed E-state index contributed by atoms with van der Waals surface area (Å²) in [5.41, 5.74) is 0.266. The smallest absolute Gasteiger partial charge is 0.146 e. The molecule has 3 nitrogen and oxygen atoms in total. The van der Waals surface area contributed by atoms with Crippen LogP contribution >= 0.6 is 0 Å². The van der Waals surface area contributed by atoms with Crippen LogP contribution in [0.1, 0.15) is 32.4 Å². The third kappa shape index (κ3) is 2.76. The Labute approximate surface area is 101 Å². The van der Waals surface area contributed by atoms with Crippen molar-refractivity contribution >= 4 is 5.69 Å². The van der Waals surface area contributed by atoms with Gasteiger partial charge in [-0.05, 0) is 26.8 Å². The third-order valence-corrected chi connectivity index (χ3v) is 3.10. The van der Waals surface area contributed by atoms with Crippen molar-refractivity contribution in [1.82, 2.24) is 0 Å². The molecule has 0 saturated heterocycles. The summed E-state index contributed by atoms with van der Waals surface area (Å²) in [5.74, 6) is -0.396. The highest BCUT2D eigenvalue weighted by Crippen LogP contribution is 2.32. The van der Waals surface area contributed by atoms with Gasteiger partial charge >= 0.3 is 0 Å².